The summed E-state index contributed by atoms with van der Waals surface area (Å²) in [5.74, 6) is 0. The van der Waals surface area contributed by atoms with Crippen LogP contribution in [0, 0.1) is 0 Å². The smallest absolute Gasteiger partial charge is 0.0177 e. The molecule has 0 amide bonds. The van der Waals surface area contributed by atoms with Gasteiger partial charge >= 0.3 is 0 Å². The fraction of sp³-hybridized carbons (Fsp3) is 0.0526. The van der Waals surface area contributed by atoms with E-state index in [1.54, 1.807) is 0 Å². The second-order valence-corrected chi connectivity index (χ2v) is 4.69. The van der Waals surface area contributed by atoms with Gasteiger partial charge in [-0.05, 0) is 46.5 Å². The largest absolute Gasteiger partial charge is 0.0871 e. The molecule has 0 unspecified atom stereocenters. The minimum Gasteiger partial charge on any atom is -0.0871 e. The number of allylic oxidation sites excluding steroid dienone is 1. The van der Waals surface area contributed by atoms with E-state index in [0.29, 0.717) is 0 Å². The molecular weight excluding hydrogens is 228 g/mol. The Balaban J connectivity index is 2.10. The van der Waals surface area contributed by atoms with Crippen LogP contribution < -0.4 is 0 Å². The van der Waals surface area contributed by atoms with Crippen LogP contribution in [0.25, 0.3) is 28.0 Å². The fourth-order valence-electron chi connectivity index (χ4n) is 2.38. The lowest BCUT2D eigenvalue weighted by molar-refractivity contribution is 1.61. The molecule has 3 rings (SSSR count). The molecule has 0 heterocycles. The molecule has 3 aromatic rings. The molecule has 0 fully saturated rings. The van der Waals surface area contributed by atoms with Crippen LogP contribution in [-0.4, -0.2) is 0 Å². The summed E-state index contributed by atoms with van der Waals surface area (Å²) in [6, 6.07) is 23.7. The quantitative estimate of drug-likeness (QED) is 0.555. The molecule has 0 saturated carbocycles. The van der Waals surface area contributed by atoms with Crippen molar-refractivity contribution >= 4 is 16.8 Å². The molecule has 0 aliphatic heterocycles. The zero-order valence-electron chi connectivity index (χ0n) is 11.0. The van der Waals surface area contributed by atoms with Crippen LogP contribution in [0.3, 0.4) is 0 Å². The zero-order valence-corrected chi connectivity index (χ0v) is 11.0. The van der Waals surface area contributed by atoms with Gasteiger partial charge in [0.1, 0.15) is 0 Å². The lowest BCUT2D eigenvalue weighted by Gasteiger charge is -2.05. The number of benzene rings is 3. The maximum Gasteiger partial charge on any atom is -0.0177 e. The maximum atomic E-state index is 2.25. The van der Waals surface area contributed by atoms with Gasteiger partial charge in [0.15, 0.2) is 0 Å². The summed E-state index contributed by atoms with van der Waals surface area (Å²) < 4.78 is 0. The van der Waals surface area contributed by atoms with Gasteiger partial charge in [0.05, 0.1) is 0 Å². The highest BCUT2D eigenvalue weighted by atomic mass is 14.0. The minimum absolute atomic E-state index is 1.24. The van der Waals surface area contributed by atoms with Crippen molar-refractivity contribution in [3.05, 3.63) is 78.4 Å². The second-order valence-electron chi connectivity index (χ2n) is 4.69. The average Bonchev–Trinajstić information content (AvgIpc) is 2.47. The molecule has 0 atom stereocenters. The third kappa shape index (κ3) is 2.43. The van der Waals surface area contributed by atoms with Gasteiger partial charge in [-0.15, -0.1) is 0 Å². The molecular formula is C19H16. The molecule has 0 aliphatic rings. The molecule has 92 valence electrons. The first-order valence-corrected chi connectivity index (χ1v) is 6.59. The Hall–Kier alpha value is -2.34. The van der Waals surface area contributed by atoms with Crippen LogP contribution in [0.4, 0.5) is 0 Å². The number of hydrogen-bond acceptors (Lipinski definition) is 0. The molecule has 0 nitrogen and oxygen atoms in total. The molecule has 0 aromatic heterocycles. The Kier molecular flexibility index (Phi) is 3.16. The second kappa shape index (κ2) is 5.11. The molecule has 0 spiro atoms. The summed E-state index contributed by atoms with van der Waals surface area (Å²) in [6.45, 7) is 2.04. The summed E-state index contributed by atoms with van der Waals surface area (Å²) in [7, 11) is 0. The normalized spacial score (nSPS) is 11.2. The van der Waals surface area contributed by atoms with E-state index in [4.69, 9.17) is 0 Å². The van der Waals surface area contributed by atoms with Gasteiger partial charge < -0.3 is 0 Å². The van der Waals surface area contributed by atoms with Crippen molar-refractivity contribution in [2.75, 3.05) is 0 Å². The predicted molar refractivity (Wildman–Crippen MR) is 84.1 cm³/mol. The SMILES string of the molecule is C/C=C/c1cccc(-c2ccc3ccccc3c2)c1. The van der Waals surface area contributed by atoms with Crippen molar-refractivity contribution < 1.29 is 0 Å². The van der Waals surface area contributed by atoms with Gasteiger partial charge in [0.2, 0.25) is 0 Å². The zero-order chi connectivity index (χ0) is 13.1. The summed E-state index contributed by atoms with van der Waals surface area (Å²) in [6.07, 6.45) is 4.20. The highest BCUT2D eigenvalue weighted by molar-refractivity contribution is 5.87. The van der Waals surface area contributed by atoms with Gasteiger partial charge in [-0.1, -0.05) is 66.7 Å². The summed E-state index contributed by atoms with van der Waals surface area (Å²) in [4.78, 5) is 0. The van der Waals surface area contributed by atoms with Crippen molar-refractivity contribution in [2.45, 2.75) is 6.92 Å². The number of rotatable bonds is 2. The van der Waals surface area contributed by atoms with Gasteiger partial charge in [-0.25, -0.2) is 0 Å². The van der Waals surface area contributed by atoms with Crippen LogP contribution in [-0.2, 0) is 0 Å². The molecule has 0 radical (unpaired) electrons. The van der Waals surface area contributed by atoms with E-state index in [1.165, 1.54) is 27.5 Å². The molecule has 0 N–H and O–H groups in total. The first kappa shape index (κ1) is 11.7. The Morgan fingerprint density at radius 2 is 1.47 bits per heavy atom. The Labute approximate surface area is 114 Å². The lowest BCUT2D eigenvalue weighted by Crippen LogP contribution is -1.80. The molecule has 0 bridgehead atoms. The number of fused-ring (bicyclic) bond motifs is 1. The Bertz CT molecular complexity index is 736. The van der Waals surface area contributed by atoms with Crippen molar-refractivity contribution in [3.8, 4) is 11.1 Å². The van der Waals surface area contributed by atoms with E-state index in [1.807, 2.05) is 6.92 Å². The highest BCUT2D eigenvalue weighted by Crippen LogP contribution is 2.25. The van der Waals surface area contributed by atoms with Gasteiger partial charge in [0, 0.05) is 0 Å². The first-order valence-electron chi connectivity index (χ1n) is 6.59. The van der Waals surface area contributed by atoms with E-state index in [2.05, 4.69) is 78.9 Å². The first-order chi connectivity index (χ1) is 9.36. The van der Waals surface area contributed by atoms with E-state index in [0.717, 1.165) is 0 Å². The van der Waals surface area contributed by atoms with Crippen LogP contribution >= 0.6 is 0 Å². The van der Waals surface area contributed by atoms with E-state index in [-0.39, 0.29) is 0 Å². The van der Waals surface area contributed by atoms with Gasteiger partial charge in [0.25, 0.3) is 0 Å². The molecule has 0 aliphatic carbocycles. The third-order valence-corrected chi connectivity index (χ3v) is 3.33. The van der Waals surface area contributed by atoms with Crippen molar-refractivity contribution in [2.24, 2.45) is 0 Å². The lowest BCUT2D eigenvalue weighted by atomic mass is 10.00. The molecule has 19 heavy (non-hydrogen) atoms. The van der Waals surface area contributed by atoms with Crippen LogP contribution in [0.2, 0.25) is 0 Å². The van der Waals surface area contributed by atoms with Crippen LogP contribution in [0.15, 0.2) is 72.8 Å². The minimum atomic E-state index is 1.24. The molecule has 0 saturated heterocycles. The standard InChI is InChI=1S/C19H16/c1-2-6-15-7-5-10-17(13-15)19-12-11-16-8-3-4-9-18(16)14-19/h2-14H,1H3/b6-2+. The van der Waals surface area contributed by atoms with Crippen LogP contribution in [0.5, 0.6) is 0 Å². The maximum absolute atomic E-state index is 2.25. The predicted octanol–water partition coefficient (Wildman–Crippen LogP) is 5.54. The molecule has 3 aromatic carbocycles. The fourth-order valence-corrected chi connectivity index (χ4v) is 2.38. The highest BCUT2D eigenvalue weighted by Gasteiger charge is 1.99. The van der Waals surface area contributed by atoms with Gasteiger partial charge in [-0.2, -0.15) is 0 Å². The van der Waals surface area contributed by atoms with Crippen molar-refractivity contribution in [3.63, 3.8) is 0 Å². The summed E-state index contributed by atoms with van der Waals surface area (Å²) in [5, 5.41) is 2.58. The topological polar surface area (TPSA) is 0 Å². The van der Waals surface area contributed by atoms with Crippen molar-refractivity contribution in [1.82, 2.24) is 0 Å². The molecule has 0 heteroatoms. The van der Waals surface area contributed by atoms with E-state index >= 15 is 0 Å². The number of hydrogen-bond donors (Lipinski definition) is 0. The summed E-state index contributed by atoms with van der Waals surface area (Å²) in [5.41, 5.74) is 3.78. The van der Waals surface area contributed by atoms with Crippen molar-refractivity contribution in [1.29, 1.82) is 0 Å². The van der Waals surface area contributed by atoms with Gasteiger partial charge in [-0.3, -0.25) is 0 Å². The Morgan fingerprint density at radius 1 is 0.684 bits per heavy atom. The average molecular weight is 244 g/mol. The van der Waals surface area contributed by atoms with E-state index < -0.39 is 0 Å². The van der Waals surface area contributed by atoms with Crippen LogP contribution in [0.1, 0.15) is 12.5 Å². The Morgan fingerprint density at radius 3 is 2.32 bits per heavy atom. The van der Waals surface area contributed by atoms with E-state index in [9.17, 15) is 0 Å². The monoisotopic (exact) mass is 244 g/mol. The summed E-state index contributed by atoms with van der Waals surface area (Å²) >= 11 is 0. The third-order valence-electron chi connectivity index (χ3n) is 3.33.